The molecule has 1 unspecified atom stereocenters. The number of allylic oxidation sites excluding steroid dienone is 1. The second kappa shape index (κ2) is 6.64. The molecule has 0 amide bonds. The Balaban J connectivity index is 2.18. The number of rotatable bonds is 2. The van der Waals surface area contributed by atoms with Crippen molar-refractivity contribution in [1.29, 1.82) is 0 Å². The highest BCUT2D eigenvalue weighted by atomic mass is 32.2. The van der Waals surface area contributed by atoms with E-state index in [2.05, 4.69) is 0 Å². The number of carbonyl (C=O) groups is 1. The second-order valence-corrected chi connectivity index (χ2v) is 8.00. The number of alkyl halides is 3. The average Bonchev–Trinajstić information content (AvgIpc) is 2.65. The van der Waals surface area contributed by atoms with Crippen LogP contribution in [0, 0.1) is 0 Å². The lowest BCUT2D eigenvalue weighted by atomic mass is 10.0. The van der Waals surface area contributed by atoms with E-state index in [1.54, 1.807) is 0 Å². The average molecular weight is 413 g/mol. The maximum Gasteiger partial charge on any atom is 0.418 e. The molecule has 0 fully saturated rings. The van der Waals surface area contributed by atoms with E-state index in [1.165, 1.54) is 30.3 Å². The predicted octanol–water partition coefficient (Wildman–Crippen LogP) is 3.03. The molecule has 0 aromatic heterocycles. The molecule has 0 aliphatic carbocycles. The van der Waals surface area contributed by atoms with Crippen LogP contribution in [-0.4, -0.2) is 41.9 Å². The number of sulfonamides is 1. The van der Waals surface area contributed by atoms with Gasteiger partial charge in [0.15, 0.2) is 11.9 Å². The van der Waals surface area contributed by atoms with Gasteiger partial charge in [-0.25, -0.2) is 8.42 Å². The molecule has 1 aliphatic heterocycles. The number of ketones is 1. The predicted molar refractivity (Wildman–Crippen MR) is 92.7 cm³/mol. The lowest BCUT2D eigenvalue weighted by Gasteiger charge is -2.28. The third-order valence-corrected chi connectivity index (χ3v) is 6.13. The van der Waals surface area contributed by atoms with Gasteiger partial charge in [-0.15, -0.1) is 0 Å². The number of aliphatic hydroxyl groups is 2. The molecule has 1 heterocycles. The van der Waals surface area contributed by atoms with Gasteiger partial charge >= 0.3 is 6.18 Å². The van der Waals surface area contributed by atoms with E-state index in [9.17, 15) is 36.6 Å². The fraction of sp³-hybridized carbons (Fsp3) is 0.167. The molecule has 2 aromatic rings. The number of likely N-dealkylation sites (N-methyl/N-ethyl adjacent to an activating group) is 1. The van der Waals surface area contributed by atoms with E-state index >= 15 is 0 Å². The Kier molecular flexibility index (Phi) is 4.72. The van der Waals surface area contributed by atoms with Crippen molar-refractivity contribution in [1.82, 2.24) is 4.31 Å². The van der Waals surface area contributed by atoms with Crippen LogP contribution in [0.25, 0.3) is 5.76 Å². The molecule has 28 heavy (non-hydrogen) atoms. The number of nitrogens with zero attached hydrogens (tertiary/aromatic N) is 1. The number of hydrogen-bond acceptors (Lipinski definition) is 5. The monoisotopic (exact) mass is 413 g/mol. The van der Waals surface area contributed by atoms with E-state index in [0.29, 0.717) is 4.31 Å². The van der Waals surface area contributed by atoms with Crippen molar-refractivity contribution in [3.63, 3.8) is 0 Å². The molecule has 2 aromatic carbocycles. The summed E-state index contributed by atoms with van der Waals surface area (Å²) >= 11 is 0. The van der Waals surface area contributed by atoms with Gasteiger partial charge in [-0.1, -0.05) is 30.3 Å². The van der Waals surface area contributed by atoms with Gasteiger partial charge in [0.25, 0.3) is 10.0 Å². The quantitative estimate of drug-likeness (QED) is 0.583. The van der Waals surface area contributed by atoms with Crippen LogP contribution in [0.4, 0.5) is 13.2 Å². The molecule has 1 aliphatic rings. The minimum Gasteiger partial charge on any atom is -0.505 e. The standard InChI is InChI=1S/C18H14F3NO5S/c1-22-14(16(24)12-7-2-3-8-13(12)28(22,26)27)15(23)10-5-4-6-11(9-10)17(25)18(19,20)21/h2-9,17,23,25H,1H3/b15-14+. The van der Waals surface area contributed by atoms with Gasteiger partial charge in [0.05, 0.1) is 4.90 Å². The van der Waals surface area contributed by atoms with Crippen molar-refractivity contribution < 1.29 is 36.6 Å². The highest BCUT2D eigenvalue weighted by Gasteiger charge is 2.41. The van der Waals surface area contributed by atoms with Gasteiger partial charge in [0.1, 0.15) is 5.70 Å². The Hall–Kier alpha value is -2.85. The molecule has 0 saturated heterocycles. The molecule has 10 heteroatoms. The molecule has 0 bridgehead atoms. The summed E-state index contributed by atoms with van der Waals surface area (Å²) in [5.41, 5.74) is -1.57. The number of fused-ring (bicyclic) bond motifs is 1. The Morgan fingerprint density at radius 1 is 1.11 bits per heavy atom. The number of benzene rings is 2. The van der Waals surface area contributed by atoms with Crippen LogP contribution < -0.4 is 0 Å². The summed E-state index contributed by atoms with van der Waals surface area (Å²) in [5, 5.41) is 19.9. The molecular weight excluding hydrogens is 399 g/mol. The van der Waals surface area contributed by atoms with Crippen LogP contribution in [0.2, 0.25) is 0 Å². The summed E-state index contributed by atoms with van der Waals surface area (Å²) in [7, 11) is -3.08. The maximum absolute atomic E-state index is 12.8. The van der Waals surface area contributed by atoms with Crippen LogP contribution in [0.3, 0.4) is 0 Å². The lowest BCUT2D eigenvalue weighted by molar-refractivity contribution is -0.206. The van der Waals surface area contributed by atoms with Gasteiger partial charge in [-0.2, -0.15) is 13.2 Å². The van der Waals surface area contributed by atoms with Crippen molar-refractivity contribution in [2.45, 2.75) is 17.2 Å². The first-order chi connectivity index (χ1) is 13.0. The minimum atomic E-state index is -4.93. The van der Waals surface area contributed by atoms with E-state index in [4.69, 9.17) is 0 Å². The Morgan fingerprint density at radius 3 is 2.39 bits per heavy atom. The minimum absolute atomic E-state index is 0.159. The number of halogens is 3. The molecule has 6 nitrogen and oxygen atoms in total. The van der Waals surface area contributed by atoms with Gasteiger partial charge in [-0.3, -0.25) is 9.10 Å². The summed E-state index contributed by atoms with van der Waals surface area (Å²) in [5.74, 6) is -1.62. The molecule has 2 N–H and O–H groups in total. The van der Waals surface area contributed by atoms with Crippen molar-refractivity contribution in [3.8, 4) is 0 Å². The lowest BCUT2D eigenvalue weighted by Crippen LogP contribution is -2.37. The number of hydrogen-bond donors (Lipinski definition) is 2. The van der Waals surface area contributed by atoms with Crippen LogP contribution in [0.1, 0.15) is 27.6 Å². The van der Waals surface area contributed by atoms with Gasteiger partial charge in [-0.05, 0) is 23.8 Å². The SMILES string of the molecule is CN1/C(=C(/O)c2cccc(C(O)C(F)(F)F)c2)C(=O)c2ccccc2S1(=O)=O. The molecule has 0 spiro atoms. The normalized spacial score (nSPS) is 19.2. The van der Waals surface area contributed by atoms with E-state index < -0.39 is 45.1 Å². The molecular formula is C18H14F3NO5S. The van der Waals surface area contributed by atoms with E-state index in [-0.39, 0.29) is 16.0 Å². The van der Waals surface area contributed by atoms with Gasteiger partial charge < -0.3 is 10.2 Å². The molecule has 148 valence electrons. The Morgan fingerprint density at radius 2 is 1.75 bits per heavy atom. The highest BCUT2D eigenvalue weighted by molar-refractivity contribution is 7.89. The summed E-state index contributed by atoms with van der Waals surface area (Å²) in [6.45, 7) is 0. The van der Waals surface area contributed by atoms with E-state index in [0.717, 1.165) is 25.2 Å². The summed E-state index contributed by atoms with van der Waals surface area (Å²) in [6, 6.07) is 9.59. The maximum atomic E-state index is 12.8. The molecule has 0 radical (unpaired) electrons. The fourth-order valence-corrected chi connectivity index (χ4v) is 4.25. The van der Waals surface area contributed by atoms with Gasteiger partial charge in [0.2, 0.25) is 5.78 Å². The summed E-state index contributed by atoms with van der Waals surface area (Å²) in [4.78, 5) is 12.5. The Bertz CT molecular complexity index is 1090. The zero-order valence-corrected chi connectivity index (χ0v) is 15.1. The van der Waals surface area contributed by atoms with Crippen LogP contribution in [-0.2, 0) is 10.0 Å². The second-order valence-electron chi connectivity index (χ2n) is 6.06. The summed E-state index contributed by atoms with van der Waals surface area (Å²) in [6.07, 6.45) is -7.73. The molecule has 1 atom stereocenters. The highest BCUT2D eigenvalue weighted by Crippen LogP contribution is 2.36. The van der Waals surface area contributed by atoms with Crippen molar-refractivity contribution in [2.75, 3.05) is 7.05 Å². The first-order valence-corrected chi connectivity index (χ1v) is 9.31. The van der Waals surface area contributed by atoms with Crippen LogP contribution >= 0.6 is 0 Å². The van der Waals surface area contributed by atoms with Crippen molar-refractivity contribution >= 4 is 21.6 Å². The van der Waals surface area contributed by atoms with Crippen molar-refractivity contribution in [3.05, 3.63) is 70.9 Å². The van der Waals surface area contributed by atoms with Gasteiger partial charge in [0, 0.05) is 18.2 Å². The first kappa shape index (κ1) is 19.9. The van der Waals surface area contributed by atoms with Crippen LogP contribution in [0.15, 0.2) is 59.1 Å². The number of Topliss-reactive ketones (excluding diaryl/α,β-unsaturated/α-hetero) is 1. The van der Waals surface area contributed by atoms with Crippen LogP contribution in [0.5, 0.6) is 0 Å². The fourth-order valence-electron chi connectivity index (χ4n) is 2.86. The number of aliphatic hydroxyl groups excluding tert-OH is 2. The number of carbonyl (C=O) groups excluding carboxylic acids is 1. The zero-order valence-electron chi connectivity index (χ0n) is 14.3. The third-order valence-electron chi connectivity index (χ3n) is 4.31. The summed E-state index contributed by atoms with van der Waals surface area (Å²) < 4.78 is 64.1. The topological polar surface area (TPSA) is 94.9 Å². The zero-order chi connectivity index (χ0) is 20.9. The first-order valence-electron chi connectivity index (χ1n) is 7.87. The Labute approximate surface area is 158 Å². The largest absolute Gasteiger partial charge is 0.505 e. The van der Waals surface area contributed by atoms with E-state index in [1.807, 2.05) is 0 Å². The third kappa shape index (κ3) is 3.14. The molecule has 3 rings (SSSR count). The van der Waals surface area contributed by atoms with Crippen molar-refractivity contribution in [2.24, 2.45) is 0 Å². The molecule has 0 saturated carbocycles. The smallest absolute Gasteiger partial charge is 0.418 e.